The number of hydrogen-bond acceptors (Lipinski definition) is 2. The first-order valence-electron chi connectivity index (χ1n) is 6.42. The molecule has 0 aliphatic carbocycles. The summed E-state index contributed by atoms with van der Waals surface area (Å²) in [6.45, 7) is 0.471. The molecule has 0 spiro atoms. The quantitative estimate of drug-likeness (QED) is 0.821. The summed E-state index contributed by atoms with van der Waals surface area (Å²) in [5.74, 6) is -0.901. The molecule has 0 aliphatic heterocycles. The van der Waals surface area contributed by atoms with Crippen molar-refractivity contribution in [2.45, 2.75) is 0 Å². The van der Waals surface area contributed by atoms with Crippen molar-refractivity contribution in [3.63, 3.8) is 0 Å². The molecule has 0 bridgehead atoms. The number of nitrogens with one attached hydrogen (secondary N) is 2. The van der Waals surface area contributed by atoms with Gasteiger partial charge in [-0.3, -0.25) is 0 Å². The second-order valence-electron chi connectivity index (χ2n) is 4.34. The second kappa shape index (κ2) is 7.61. The molecule has 7 heteroatoms. The van der Waals surface area contributed by atoms with Gasteiger partial charge in [-0.1, -0.05) is 11.6 Å². The predicted octanol–water partition coefficient (Wildman–Crippen LogP) is 3.82. The molecule has 0 fully saturated rings. The van der Waals surface area contributed by atoms with Gasteiger partial charge in [-0.2, -0.15) is 0 Å². The summed E-state index contributed by atoms with van der Waals surface area (Å²) in [6.07, 6.45) is 0. The number of carbonyl (C=O) groups is 1. The van der Waals surface area contributed by atoms with E-state index >= 15 is 0 Å². The number of anilines is 1. The lowest BCUT2D eigenvalue weighted by Gasteiger charge is -2.09. The molecule has 0 atom stereocenters. The van der Waals surface area contributed by atoms with E-state index < -0.39 is 17.7 Å². The molecule has 4 nitrogen and oxygen atoms in total. The van der Waals surface area contributed by atoms with Crippen molar-refractivity contribution in [2.24, 2.45) is 0 Å². The number of urea groups is 1. The van der Waals surface area contributed by atoms with E-state index in [-0.39, 0.29) is 18.8 Å². The summed E-state index contributed by atoms with van der Waals surface area (Å²) < 4.78 is 31.3. The zero-order chi connectivity index (χ0) is 15.9. The van der Waals surface area contributed by atoms with E-state index in [9.17, 15) is 13.6 Å². The van der Waals surface area contributed by atoms with Crippen LogP contribution in [0.5, 0.6) is 5.75 Å². The maximum atomic E-state index is 13.0. The smallest absolute Gasteiger partial charge is 0.319 e. The fraction of sp³-hybridized carbons (Fsp3) is 0.133. The maximum Gasteiger partial charge on any atom is 0.319 e. The Kier molecular flexibility index (Phi) is 5.55. The SMILES string of the molecule is O=C(NCCOc1ccc(Cl)cc1)Nc1cc(F)cc(F)c1. The Balaban J connectivity index is 1.72. The van der Waals surface area contributed by atoms with Gasteiger partial charge in [0.15, 0.2) is 0 Å². The third-order valence-electron chi connectivity index (χ3n) is 2.59. The first kappa shape index (κ1) is 16.0. The van der Waals surface area contributed by atoms with Crippen LogP contribution in [-0.4, -0.2) is 19.2 Å². The van der Waals surface area contributed by atoms with E-state index in [2.05, 4.69) is 10.6 Å². The minimum absolute atomic E-state index is 0.0358. The second-order valence-corrected chi connectivity index (χ2v) is 4.78. The van der Waals surface area contributed by atoms with Crippen LogP contribution in [0.25, 0.3) is 0 Å². The van der Waals surface area contributed by atoms with Crippen molar-refractivity contribution < 1.29 is 18.3 Å². The van der Waals surface area contributed by atoms with Gasteiger partial charge in [-0.05, 0) is 36.4 Å². The number of hydrogen-bond donors (Lipinski definition) is 2. The first-order valence-corrected chi connectivity index (χ1v) is 6.80. The number of benzene rings is 2. The van der Waals surface area contributed by atoms with E-state index in [1.165, 1.54) is 0 Å². The molecule has 2 aromatic rings. The van der Waals surface area contributed by atoms with Crippen molar-refractivity contribution in [1.82, 2.24) is 5.32 Å². The Bertz CT molecular complexity index is 630. The monoisotopic (exact) mass is 326 g/mol. The summed E-state index contributed by atoms with van der Waals surface area (Å²) in [4.78, 5) is 11.6. The van der Waals surface area contributed by atoms with E-state index in [1.807, 2.05) is 0 Å². The van der Waals surface area contributed by atoms with Crippen LogP contribution in [0.4, 0.5) is 19.3 Å². The molecule has 0 saturated heterocycles. The molecule has 2 aromatic carbocycles. The standard InChI is InChI=1S/C15H13ClF2N2O2/c16-10-1-3-14(4-2-10)22-6-5-19-15(21)20-13-8-11(17)7-12(18)9-13/h1-4,7-9H,5-6H2,(H2,19,20,21). The molecule has 22 heavy (non-hydrogen) atoms. The fourth-order valence-electron chi connectivity index (χ4n) is 1.67. The molecular weight excluding hydrogens is 314 g/mol. The Hall–Kier alpha value is -2.34. The largest absolute Gasteiger partial charge is 0.492 e. The average molecular weight is 327 g/mol. The highest BCUT2D eigenvalue weighted by Gasteiger charge is 2.04. The lowest BCUT2D eigenvalue weighted by Crippen LogP contribution is -2.32. The molecule has 0 aliphatic rings. The number of carbonyl (C=O) groups excluding carboxylic acids is 1. The molecule has 0 heterocycles. The van der Waals surface area contributed by atoms with Crippen molar-refractivity contribution in [3.8, 4) is 5.75 Å². The van der Waals surface area contributed by atoms with Crippen LogP contribution in [0.2, 0.25) is 5.02 Å². The van der Waals surface area contributed by atoms with Gasteiger partial charge < -0.3 is 15.4 Å². The van der Waals surface area contributed by atoms with Crippen LogP contribution >= 0.6 is 11.6 Å². The number of halogens is 3. The van der Waals surface area contributed by atoms with E-state index in [4.69, 9.17) is 16.3 Å². The van der Waals surface area contributed by atoms with E-state index in [0.29, 0.717) is 10.8 Å². The molecule has 2 N–H and O–H groups in total. The van der Waals surface area contributed by atoms with Gasteiger partial charge in [0.1, 0.15) is 24.0 Å². The van der Waals surface area contributed by atoms with Crippen LogP contribution in [0.15, 0.2) is 42.5 Å². The van der Waals surface area contributed by atoms with Gasteiger partial charge in [-0.25, -0.2) is 13.6 Å². The Labute approximate surface area is 131 Å². The van der Waals surface area contributed by atoms with Gasteiger partial charge in [0.25, 0.3) is 0 Å². The summed E-state index contributed by atoms with van der Waals surface area (Å²) in [5.41, 5.74) is 0.0358. The van der Waals surface area contributed by atoms with Gasteiger partial charge in [0, 0.05) is 16.8 Å². The van der Waals surface area contributed by atoms with Crippen LogP contribution in [0.1, 0.15) is 0 Å². The van der Waals surface area contributed by atoms with Gasteiger partial charge in [0.2, 0.25) is 0 Å². The lowest BCUT2D eigenvalue weighted by molar-refractivity contribution is 0.247. The maximum absolute atomic E-state index is 13.0. The van der Waals surface area contributed by atoms with Gasteiger partial charge >= 0.3 is 6.03 Å². The minimum atomic E-state index is -0.763. The third-order valence-corrected chi connectivity index (χ3v) is 2.84. The molecule has 2 rings (SSSR count). The van der Waals surface area contributed by atoms with Crippen LogP contribution in [0.3, 0.4) is 0 Å². The normalized spacial score (nSPS) is 10.1. The molecule has 2 amide bonds. The Morgan fingerprint density at radius 1 is 1.09 bits per heavy atom. The Morgan fingerprint density at radius 3 is 2.36 bits per heavy atom. The first-order chi connectivity index (χ1) is 10.5. The van der Waals surface area contributed by atoms with E-state index in [0.717, 1.165) is 18.2 Å². The van der Waals surface area contributed by atoms with Crippen molar-refractivity contribution in [3.05, 3.63) is 59.1 Å². The zero-order valence-electron chi connectivity index (χ0n) is 11.4. The van der Waals surface area contributed by atoms with Crippen LogP contribution in [-0.2, 0) is 0 Å². The molecular formula is C15H13ClF2N2O2. The molecule has 0 radical (unpaired) electrons. The fourth-order valence-corrected chi connectivity index (χ4v) is 1.79. The summed E-state index contributed by atoms with van der Waals surface area (Å²) in [6, 6.07) is 8.98. The highest BCUT2D eigenvalue weighted by molar-refractivity contribution is 6.30. The zero-order valence-corrected chi connectivity index (χ0v) is 12.2. The van der Waals surface area contributed by atoms with Crippen molar-refractivity contribution in [1.29, 1.82) is 0 Å². The summed E-state index contributed by atoms with van der Waals surface area (Å²) in [5, 5.41) is 5.44. The highest BCUT2D eigenvalue weighted by Crippen LogP contribution is 2.15. The molecule has 0 unspecified atom stereocenters. The number of ether oxygens (including phenoxy) is 1. The summed E-state index contributed by atoms with van der Waals surface area (Å²) in [7, 11) is 0. The number of amides is 2. The minimum Gasteiger partial charge on any atom is -0.492 e. The van der Waals surface area contributed by atoms with Gasteiger partial charge in [0.05, 0.1) is 6.54 Å². The molecule has 0 aromatic heterocycles. The summed E-state index contributed by atoms with van der Waals surface area (Å²) >= 11 is 5.74. The molecule has 0 saturated carbocycles. The Morgan fingerprint density at radius 2 is 1.73 bits per heavy atom. The lowest BCUT2D eigenvalue weighted by atomic mass is 10.3. The number of rotatable bonds is 5. The topological polar surface area (TPSA) is 50.4 Å². The predicted molar refractivity (Wildman–Crippen MR) is 80.3 cm³/mol. The molecule has 116 valence electrons. The van der Waals surface area contributed by atoms with Crippen molar-refractivity contribution in [2.75, 3.05) is 18.5 Å². The van der Waals surface area contributed by atoms with Gasteiger partial charge in [-0.15, -0.1) is 0 Å². The average Bonchev–Trinajstić information content (AvgIpc) is 2.44. The van der Waals surface area contributed by atoms with E-state index in [1.54, 1.807) is 24.3 Å². The van der Waals surface area contributed by atoms with Crippen LogP contribution in [0, 0.1) is 11.6 Å². The van der Waals surface area contributed by atoms with Crippen LogP contribution < -0.4 is 15.4 Å². The third kappa shape index (κ3) is 5.21. The highest BCUT2D eigenvalue weighted by atomic mass is 35.5. The van der Waals surface area contributed by atoms with Crippen molar-refractivity contribution >= 4 is 23.3 Å².